The summed E-state index contributed by atoms with van der Waals surface area (Å²) < 4.78 is 1.92. The van der Waals surface area contributed by atoms with E-state index in [1.165, 1.54) is 0 Å². The predicted octanol–water partition coefficient (Wildman–Crippen LogP) is 2.25. The van der Waals surface area contributed by atoms with E-state index in [0.29, 0.717) is 11.5 Å². The molecule has 1 aliphatic rings. The summed E-state index contributed by atoms with van der Waals surface area (Å²) in [6, 6.07) is 3.43. The lowest BCUT2D eigenvalue weighted by molar-refractivity contribution is 0.0696. The smallest absolute Gasteiger partial charge is 0.337 e. The number of carboxylic acids is 1. The van der Waals surface area contributed by atoms with Gasteiger partial charge >= 0.3 is 5.97 Å². The molecule has 0 bridgehead atoms. The van der Waals surface area contributed by atoms with Crippen molar-refractivity contribution in [2.24, 2.45) is 0 Å². The van der Waals surface area contributed by atoms with E-state index < -0.39 is 5.97 Å². The number of carbonyl (C=O) groups is 1. The Labute approximate surface area is 103 Å². The lowest BCUT2D eigenvalue weighted by atomic mass is 10.1. The maximum Gasteiger partial charge on any atom is 0.337 e. The number of carboxylic acid groups (broad SMARTS) is 1. The molecule has 0 aromatic carbocycles. The van der Waals surface area contributed by atoms with Crippen LogP contribution in [-0.4, -0.2) is 32.0 Å². The molecule has 0 radical (unpaired) electrons. The Hall–Kier alpha value is -1.49. The van der Waals surface area contributed by atoms with Crippen LogP contribution in [0.25, 0.3) is 5.52 Å². The average molecular weight is 248 g/mol. The number of pyridine rings is 1. The van der Waals surface area contributed by atoms with Gasteiger partial charge in [0.15, 0.2) is 0 Å². The molecule has 1 unspecified atom stereocenters. The molecule has 1 saturated heterocycles. The molecule has 0 amide bonds. The molecule has 1 atom stereocenters. The van der Waals surface area contributed by atoms with Gasteiger partial charge < -0.3 is 9.51 Å². The highest BCUT2D eigenvalue weighted by Crippen LogP contribution is 2.31. The van der Waals surface area contributed by atoms with E-state index in [9.17, 15) is 4.79 Å². The molecule has 5 heteroatoms. The normalized spacial score (nSPS) is 19.9. The molecular weight excluding hydrogens is 236 g/mol. The maximum absolute atomic E-state index is 11.0. The summed E-state index contributed by atoms with van der Waals surface area (Å²) >= 11 is 1.93. The van der Waals surface area contributed by atoms with Crippen LogP contribution in [0.15, 0.2) is 24.5 Å². The van der Waals surface area contributed by atoms with Crippen LogP contribution in [0.5, 0.6) is 0 Å². The van der Waals surface area contributed by atoms with Crippen molar-refractivity contribution in [1.82, 2.24) is 9.38 Å². The van der Waals surface area contributed by atoms with Gasteiger partial charge in [0.2, 0.25) is 0 Å². The molecule has 2 aromatic heterocycles. The fourth-order valence-corrected chi connectivity index (χ4v) is 3.40. The molecule has 1 N–H and O–H groups in total. The summed E-state index contributed by atoms with van der Waals surface area (Å²) in [5.74, 6) is 2.79. The number of aromatic nitrogens is 2. The number of fused-ring (bicyclic) bond motifs is 1. The Morgan fingerprint density at radius 1 is 1.53 bits per heavy atom. The second kappa shape index (κ2) is 4.07. The zero-order chi connectivity index (χ0) is 11.8. The highest BCUT2D eigenvalue weighted by Gasteiger charge is 2.22. The van der Waals surface area contributed by atoms with Crippen molar-refractivity contribution >= 4 is 23.2 Å². The van der Waals surface area contributed by atoms with Crippen LogP contribution in [0.1, 0.15) is 28.5 Å². The Kier molecular flexibility index (Phi) is 2.55. The standard InChI is InChI=1S/C12H12N2O2S/c15-12(16)8-1-2-10-5-13-11(14(10)6-8)9-3-4-17-7-9/h1-2,5-6,9H,3-4,7H2,(H,15,16). The van der Waals surface area contributed by atoms with Gasteiger partial charge in [-0.25, -0.2) is 9.78 Å². The molecule has 1 aliphatic heterocycles. The Morgan fingerprint density at radius 2 is 2.41 bits per heavy atom. The molecule has 0 saturated carbocycles. The second-order valence-corrected chi connectivity index (χ2v) is 5.34. The third-order valence-electron chi connectivity index (χ3n) is 3.10. The molecule has 3 heterocycles. The highest BCUT2D eigenvalue weighted by atomic mass is 32.2. The zero-order valence-electron chi connectivity index (χ0n) is 9.17. The van der Waals surface area contributed by atoms with Crippen molar-refractivity contribution < 1.29 is 9.90 Å². The molecule has 3 rings (SSSR count). The molecule has 2 aromatic rings. The minimum Gasteiger partial charge on any atom is -0.478 e. The largest absolute Gasteiger partial charge is 0.478 e. The first-order chi connectivity index (χ1) is 8.25. The lowest BCUT2D eigenvalue weighted by Crippen LogP contribution is -2.05. The van der Waals surface area contributed by atoms with Gasteiger partial charge in [0.25, 0.3) is 0 Å². The fraction of sp³-hybridized carbons (Fsp3) is 0.333. The van der Waals surface area contributed by atoms with Crippen molar-refractivity contribution in [3.63, 3.8) is 0 Å². The maximum atomic E-state index is 11.0. The van der Waals surface area contributed by atoms with Gasteiger partial charge in [-0.1, -0.05) is 0 Å². The van der Waals surface area contributed by atoms with E-state index in [1.807, 2.05) is 28.4 Å². The first-order valence-corrected chi connectivity index (χ1v) is 6.69. The number of hydrogen-bond donors (Lipinski definition) is 1. The minimum atomic E-state index is -0.896. The summed E-state index contributed by atoms with van der Waals surface area (Å²) in [7, 11) is 0. The topological polar surface area (TPSA) is 54.6 Å². The second-order valence-electron chi connectivity index (χ2n) is 4.19. The van der Waals surface area contributed by atoms with Crippen LogP contribution in [0.2, 0.25) is 0 Å². The van der Waals surface area contributed by atoms with E-state index in [0.717, 1.165) is 29.3 Å². The fourth-order valence-electron chi connectivity index (χ4n) is 2.18. The summed E-state index contributed by atoms with van der Waals surface area (Å²) in [6.45, 7) is 0. The first-order valence-electron chi connectivity index (χ1n) is 5.54. The monoisotopic (exact) mass is 248 g/mol. The predicted molar refractivity (Wildman–Crippen MR) is 66.8 cm³/mol. The van der Waals surface area contributed by atoms with Gasteiger partial charge in [0, 0.05) is 17.9 Å². The zero-order valence-corrected chi connectivity index (χ0v) is 9.98. The van der Waals surface area contributed by atoms with E-state index in [4.69, 9.17) is 5.11 Å². The van der Waals surface area contributed by atoms with Crippen molar-refractivity contribution in [3.8, 4) is 0 Å². The van der Waals surface area contributed by atoms with Crippen molar-refractivity contribution in [1.29, 1.82) is 0 Å². The Bertz CT molecular complexity index is 573. The number of thioether (sulfide) groups is 1. The molecular formula is C12H12N2O2S. The van der Waals surface area contributed by atoms with Gasteiger partial charge in [-0.05, 0) is 24.3 Å². The number of imidazole rings is 1. The quantitative estimate of drug-likeness (QED) is 0.885. The van der Waals surface area contributed by atoms with E-state index in [2.05, 4.69) is 4.98 Å². The van der Waals surface area contributed by atoms with Gasteiger partial charge in [-0.2, -0.15) is 11.8 Å². The molecule has 0 spiro atoms. The third-order valence-corrected chi connectivity index (χ3v) is 4.26. The molecule has 4 nitrogen and oxygen atoms in total. The van der Waals surface area contributed by atoms with Gasteiger partial charge in [0.05, 0.1) is 17.3 Å². The van der Waals surface area contributed by atoms with E-state index in [1.54, 1.807) is 12.3 Å². The average Bonchev–Trinajstić information content (AvgIpc) is 2.96. The Balaban J connectivity index is 2.11. The lowest BCUT2D eigenvalue weighted by Gasteiger charge is -2.07. The van der Waals surface area contributed by atoms with Crippen LogP contribution in [0, 0.1) is 0 Å². The summed E-state index contributed by atoms with van der Waals surface area (Å²) in [4.78, 5) is 15.4. The SMILES string of the molecule is O=C(O)c1ccc2cnc(C3CCSC3)n2c1. The van der Waals surface area contributed by atoms with Crippen LogP contribution in [0.4, 0.5) is 0 Å². The van der Waals surface area contributed by atoms with Gasteiger partial charge in [0.1, 0.15) is 5.82 Å². The van der Waals surface area contributed by atoms with Crippen LogP contribution in [-0.2, 0) is 0 Å². The molecule has 17 heavy (non-hydrogen) atoms. The minimum absolute atomic E-state index is 0.308. The van der Waals surface area contributed by atoms with Crippen LogP contribution in [0.3, 0.4) is 0 Å². The third kappa shape index (κ3) is 1.80. The van der Waals surface area contributed by atoms with E-state index in [-0.39, 0.29) is 0 Å². The van der Waals surface area contributed by atoms with Crippen LogP contribution < -0.4 is 0 Å². The Morgan fingerprint density at radius 3 is 3.12 bits per heavy atom. The summed E-state index contributed by atoms with van der Waals surface area (Å²) in [6.07, 6.45) is 4.61. The van der Waals surface area contributed by atoms with E-state index >= 15 is 0 Å². The van der Waals surface area contributed by atoms with Crippen molar-refractivity contribution in [2.45, 2.75) is 12.3 Å². The highest BCUT2D eigenvalue weighted by molar-refractivity contribution is 7.99. The number of hydrogen-bond acceptors (Lipinski definition) is 3. The van der Waals surface area contributed by atoms with Crippen molar-refractivity contribution in [2.75, 3.05) is 11.5 Å². The van der Waals surface area contributed by atoms with Crippen LogP contribution >= 0.6 is 11.8 Å². The summed E-state index contributed by atoms with van der Waals surface area (Å²) in [5, 5.41) is 9.00. The number of rotatable bonds is 2. The van der Waals surface area contributed by atoms with Crippen molar-refractivity contribution in [3.05, 3.63) is 35.9 Å². The molecule has 0 aliphatic carbocycles. The van der Waals surface area contributed by atoms with Gasteiger partial charge in [-0.15, -0.1) is 0 Å². The number of aromatic carboxylic acids is 1. The summed E-state index contributed by atoms with van der Waals surface area (Å²) in [5.41, 5.74) is 1.27. The number of nitrogens with zero attached hydrogens (tertiary/aromatic N) is 2. The first kappa shape index (κ1) is 10.7. The van der Waals surface area contributed by atoms with Gasteiger partial charge in [-0.3, -0.25) is 0 Å². The molecule has 88 valence electrons. The molecule has 1 fully saturated rings.